The number of carbonyl (C=O) groups excluding carboxylic acids is 1. The summed E-state index contributed by atoms with van der Waals surface area (Å²) in [4.78, 5) is 20.1. The molecule has 2 aromatic carbocycles. The molecular weight excluding hydrogens is 625 g/mol. The second-order valence-electron chi connectivity index (χ2n) is 14.2. The van der Waals surface area contributed by atoms with Crippen LogP contribution >= 0.6 is 0 Å². The van der Waals surface area contributed by atoms with Crippen molar-refractivity contribution in [1.29, 1.82) is 0 Å². The highest BCUT2D eigenvalue weighted by Gasteiger charge is 2.34. The number of aryl methyl sites for hydroxylation is 2. The Hall–Kier alpha value is -3.99. The monoisotopic (exact) mass is 675 g/mol. The first-order valence-electron chi connectivity index (χ1n) is 17.0. The summed E-state index contributed by atoms with van der Waals surface area (Å²) < 4.78 is 41.0. The van der Waals surface area contributed by atoms with E-state index < -0.39 is 5.60 Å². The van der Waals surface area contributed by atoms with Crippen LogP contribution in [0.3, 0.4) is 0 Å². The first-order valence-corrected chi connectivity index (χ1v) is 17.0. The Morgan fingerprint density at radius 2 is 1.69 bits per heavy atom. The number of anilines is 1. The highest BCUT2D eigenvalue weighted by molar-refractivity contribution is 5.80. The van der Waals surface area contributed by atoms with Crippen molar-refractivity contribution in [3.05, 3.63) is 70.7 Å². The van der Waals surface area contributed by atoms with E-state index in [0.29, 0.717) is 43.3 Å². The number of piperidine rings is 1. The van der Waals surface area contributed by atoms with Crippen molar-refractivity contribution in [2.75, 3.05) is 51.5 Å². The zero-order valence-electron chi connectivity index (χ0n) is 30.1. The summed E-state index contributed by atoms with van der Waals surface area (Å²) in [5.41, 5.74) is 6.49. The lowest BCUT2D eigenvalue weighted by molar-refractivity contribution is -0.139. The van der Waals surface area contributed by atoms with Crippen molar-refractivity contribution in [2.24, 2.45) is 0 Å². The van der Waals surface area contributed by atoms with Gasteiger partial charge in [-0.05, 0) is 102 Å². The van der Waals surface area contributed by atoms with Gasteiger partial charge in [-0.25, -0.2) is 9.37 Å². The standard InChI is InChI=1S/C35H40FN3O5.C4H10O/c1-22-17-28(36)32-26-8-6-7-25(19-26)29-21-39-33(37-29)24(3)23(2)27(20-31(40)41-5)34(39)38-11-9-35(4,10-12-38)44-16-14-42-13-15-43-30(32)18-22;1-4(2,3)5/h6-8,17-19,21H,9-16,20H2,1-5H3;5H,1-3H3. The molecule has 0 saturated carbocycles. The SMILES string of the molecule is CC(C)(C)O.COC(=O)Cc1c(C)c(C)c2nc3cn2c1N1CCC(C)(CC1)OCCOCCOc1cc(C)cc(F)c1-c1cccc-3c1. The molecule has 7 rings (SSSR count). The number of aliphatic hydroxyl groups is 1. The van der Waals surface area contributed by atoms with Gasteiger partial charge >= 0.3 is 5.97 Å². The number of ether oxygens (including phenoxy) is 4. The van der Waals surface area contributed by atoms with Crippen LogP contribution in [-0.4, -0.2) is 78.3 Å². The van der Waals surface area contributed by atoms with Gasteiger partial charge in [0.1, 0.15) is 29.6 Å². The lowest BCUT2D eigenvalue weighted by atomic mass is 9.92. The summed E-state index contributed by atoms with van der Waals surface area (Å²) in [5.74, 6) is 0.791. The van der Waals surface area contributed by atoms with Crippen molar-refractivity contribution >= 4 is 17.4 Å². The molecule has 3 aliphatic rings. The number of halogens is 1. The molecule has 5 heterocycles. The van der Waals surface area contributed by atoms with Gasteiger partial charge in [0.15, 0.2) is 0 Å². The third-order valence-electron chi connectivity index (χ3n) is 9.03. The number of hydrogen-bond donors (Lipinski definition) is 1. The van der Waals surface area contributed by atoms with Crippen LogP contribution in [0, 0.1) is 26.6 Å². The predicted octanol–water partition coefficient (Wildman–Crippen LogP) is 7.01. The molecule has 0 radical (unpaired) electrons. The van der Waals surface area contributed by atoms with Gasteiger partial charge in [-0.3, -0.25) is 9.20 Å². The highest BCUT2D eigenvalue weighted by Crippen LogP contribution is 2.39. The van der Waals surface area contributed by atoms with Gasteiger partial charge in [0.25, 0.3) is 0 Å². The van der Waals surface area contributed by atoms with Gasteiger partial charge in [-0.2, -0.15) is 0 Å². The van der Waals surface area contributed by atoms with Crippen LogP contribution in [0.25, 0.3) is 28.0 Å². The van der Waals surface area contributed by atoms with E-state index in [-0.39, 0.29) is 23.8 Å². The second-order valence-corrected chi connectivity index (χ2v) is 14.2. The quantitative estimate of drug-likeness (QED) is 0.179. The number of pyridine rings is 1. The van der Waals surface area contributed by atoms with Crippen LogP contribution in [0.2, 0.25) is 0 Å². The Balaban J connectivity index is 0.000000874. The van der Waals surface area contributed by atoms with Crippen molar-refractivity contribution in [1.82, 2.24) is 9.38 Å². The Morgan fingerprint density at radius 3 is 2.39 bits per heavy atom. The smallest absolute Gasteiger partial charge is 0.310 e. The van der Waals surface area contributed by atoms with Gasteiger partial charge in [0.05, 0.1) is 55.8 Å². The molecule has 0 amide bonds. The molecule has 1 saturated heterocycles. The molecular formula is C39H50FN3O6. The van der Waals surface area contributed by atoms with E-state index in [1.807, 2.05) is 57.3 Å². The minimum Gasteiger partial charge on any atom is -0.490 e. The summed E-state index contributed by atoms with van der Waals surface area (Å²) in [7, 11) is 1.42. The summed E-state index contributed by atoms with van der Waals surface area (Å²) in [6.07, 6.45) is 3.84. The number of benzene rings is 2. The van der Waals surface area contributed by atoms with Gasteiger partial charge in [-0.1, -0.05) is 18.2 Å². The zero-order chi connectivity index (χ0) is 35.5. The molecule has 0 spiro atoms. The number of rotatable bonds is 2. The van der Waals surface area contributed by atoms with Gasteiger partial charge in [-0.15, -0.1) is 0 Å². The molecule has 6 bridgehead atoms. The van der Waals surface area contributed by atoms with Crippen LogP contribution in [0.15, 0.2) is 42.6 Å². The molecule has 1 fully saturated rings. The lowest BCUT2D eigenvalue weighted by Gasteiger charge is -2.41. The Labute approximate surface area is 289 Å². The number of carbonyl (C=O) groups is 1. The summed E-state index contributed by atoms with van der Waals surface area (Å²) >= 11 is 0. The van der Waals surface area contributed by atoms with Crippen LogP contribution < -0.4 is 9.64 Å². The van der Waals surface area contributed by atoms with Crippen LogP contribution in [0.5, 0.6) is 5.75 Å². The number of nitrogens with zero attached hydrogens (tertiary/aromatic N) is 3. The maximum atomic E-state index is 15.5. The molecule has 4 aromatic rings. The first kappa shape index (κ1) is 36.3. The summed E-state index contributed by atoms with van der Waals surface area (Å²) in [6, 6.07) is 11.1. The molecule has 10 heteroatoms. The van der Waals surface area contributed by atoms with Gasteiger partial charge in [0, 0.05) is 30.4 Å². The van der Waals surface area contributed by atoms with E-state index in [4.69, 9.17) is 29.0 Å². The zero-order valence-corrected chi connectivity index (χ0v) is 30.1. The van der Waals surface area contributed by atoms with E-state index in [9.17, 15) is 4.79 Å². The number of fused-ring (bicyclic) bond motifs is 8. The number of aromatic nitrogens is 2. The van der Waals surface area contributed by atoms with E-state index in [1.165, 1.54) is 13.2 Å². The van der Waals surface area contributed by atoms with Crippen molar-refractivity contribution in [3.63, 3.8) is 0 Å². The number of methoxy groups -OCH3 is 1. The first-order chi connectivity index (χ1) is 23.2. The second kappa shape index (κ2) is 14.9. The summed E-state index contributed by atoms with van der Waals surface area (Å²) in [5, 5.41) is 8.52. The lowest BCUT2D eigenvalue weighted by Crippen LogP contribution is -2.45. The molecule has 3 aliphatic heterocycles. The average Bonchev–Trinajstić information content (AvgIpc) is 3.48. The third kappa shape index (κ3) is 8.60. The van der Waals surface area contributed by atoms with E-state index >= 15 is 4.39 Å². The molecule has 0 unspecified atom stereocenters. The van der Waals surface area contributed by atoms with Crippen LogP contribution in [0.1, 0.15) is 62.8 Å². The average molecular weight is 676 g/mol. The molecule has 49 heavy (non-hydrogen) atoms. The van der Waals surface area contributed by atoms with E-state index in [0.717, 1.165) is 70.9 Å². The van der Waals surface area contributed by atoms with E-state index in [2.05, 4.69) is 16.2 Å². The van der Waals surface area contributed by atoms with Crippen molar-refractivity contribution in [2.45, 2.75) is 78.9 Å². The number of imidazole rings is 1. The largest absolute Gasteiger partial charge is 0.490 e. The molecule has 1 N–H and O–H groups in total. The highest BCUT2D eigenvalue weighted by atomic mass is 19.1. The minimum atomic E-state index is -0.500. The molecule has 0 aliphatic carbocycles. The van der Waals surface area contributed by atoms with Crippen LogP contribution in [-0.2, 0) is 25.4 Å². The van der Waals surface area contributed by atoms with Crippen molar-refractivity contribution in [3.8, 4) is 28.1 Å². The number of hydrogen-bond acceptors (Lipinski definition) is 8. The number of esters is 1. The minimum absolute atomic E-state index is 0.161. The third-order valence-corrected chi connectivity index (χ3v) is 9.03. The molecule has 0 atom stereocenters. The predicted molar refractivity (Wildman–Crippen MR) is 190 cm³/mol. The summed E-state index contributed by atoms with van der Waals surface area (Å²) in [6.45, 7) is 16.4. The van der Waals surface area contributed by atoms with Crippen molar-refractivity contribution < 1.29 is 33.2 Å². The Kier molecular flexibility index (Phi) is 11.0. The fourth-order valence-corrected chi connectivity index (χ4v) is 6.36. The topological polar surface area (TPSA) is 94.8 Å². The normalized spacial score (nSPS) is 16.4. The maximum absolute atomic E-state index is 15.5. The Bertz CT molecular complexity index is 1800. The maximum Gasteiger partial charge on any atom is 0.310 e. The molecule has 2 aromatic heterocycles. The molecule has 264 valence electrons. The fraction of sp³-hybridized carbons (Fsp3) is 0.487. The van der Waals surface area contributed by atoms with E-state index in [1.54, 1.807) is 20.8 Å². The van der Waals surface area contributed by atoms with Crippen LogP contribution in [0.4, 0.5) is 10.2 Å². The van der Waals surface area contributed by atoms with Gasteiger partial charge in [0.2, 0.25) is 0 Å². The van der Waals surface area contributed by atoms with Gasteiger partial charge < -0.3 is 29.0 Å². The Morgan fingerprint density at radius 1 is 1.02 bits per heavy atom. The fourth-order valence-electron chi connectivity index (χ4n) is 6.36. The molecule has 9 nitrogen and oxygen atoms in total.